The quantitative estimate of drug-likeness (QED) is 0.811. The van der Waals surface area contributed by atoms with Gasteiger partial charge in [-0.2, -0.15) is 0 Å². The molecular weight excluding hydrogens is 258 g/mol. The average molecular weight is 296 g/mol. The highest BCUT2D eigenvalue weighted by Crippen LogP contribution is 2.42. The summed E-state index contributed by atoms with van der Waals surface area (Å²) < 4.78 is 6.51. The predicted octanol–water partition coefficient (Wildman–Crippen LogP) is 4.76. The van der Waals surface area contributed by atoms with Crippen molar-refractivity contribution in [1.82, 2.24) is 0 Å². The average Bonchev–Trinajstić information content (AvgIpc) is 2.45. The number of nitrogens with two attached hydrogens (primary N) is 1. The predicted molar refractivity (Wildman–Crippen MR) is 90.2 cm³/mol. The monoisotopic (exact) mass is 295 g/mol. The fourth-order valence-electron chi connectivity index (χ4n) is 4.18. The van der Waals surface area contributed by atoms with Crippen molar-refractivity contribution in [3.8, 4) is 0 Å². The molecule has 0 aromatic rings. The summed E-state index contributed by atoms with van der Waals surface area (Å²) in [4.78, 5) is 0. The van der Waals surface area contributed by atoms with E-state index >= 15 is 0 Å². The molecule has 2 rings (SSSR count). The molecule has 0 spiro atoms. The summed E-state index contributed by atoms with van der Waals surface area (Å²) >= 11 is 0. The van der Waals surface area contributed by atoms with Crippen LogP contribution in [0.2, 0.25) is 0 Å². The summed E-state index contributed by atoms with van der Waals surface area (Å²) in [6, 6.07) is 0.253. The van der Waals surface area contributed by atoms with Gasteiger partial charge in [0.1, 0.15) is 0 Å². The molecule has 2 aliphatic rings. The van der Waals surface area contributed by atoms with E-state index in [1.54, 1.807) is 0 Å². The van der Waals surface area contributed by atoms with Crippen LogP contribution in [-0.2, 0) is 4.74 Å². The lowest BCUT2D eigenvalue weighted by Gasteiger charge is -2.44. The Morgan fingerprint density at radius 2 is 1.71 bits per heavy atom. The lowest BCUT2D eigenvalue weighted by Crippen LogP contribution is -2.47. The van der Waals surface area contributed by atoms with Crippen LogP contribution in [0.3, 0.4) is 0 Å². The lowest BCUT2D eigenvalue weighted by atomic mass is 9.68. The molecule has 6 atom stereocenters. The maximum Gasteiger partial charge on any atom is 0.0732 e. The van der Waals surface area contributed by atoms with Gasteiger partial charge in [0.05, 0.1) is 12.2 Å². The Kier molecular flexibility index (Phi) is 5.76. The first-order valence-corrected chi connectivity index (χ1v) is 9.24. The second-order valence-corrected chi connectivity index (χ2v) is 8.58. The Labute approximate surface area is 132 Å². The molecular formula is C19H37NO. The zero-order chi connectivity index (χ0) is 15.6. The molecule has 2 nitrogen and oxygen atoms in total. The summed E-state index contributed by atoms with van der Waals surface area (Å²) in [7, 11) is 0. The van der Waals surface area contributed by atoms with Crippen molar-refractivity contribution in [1.29, 1.82) is 0 Å². The molecule has 0 heterocycles. The Hall–Kier alpha value is -0.0800. The fourth-order valence-corrected chi connectivity index (χ4v) is 4.18. The molecule has 2 N–H and O–H groups in total. The topological polar surface area (TPSA) is 35.2 Å². The molecule has 2 saturated carbocycles. The number of hydrogen-bond acceptors (Lipinski definition) is 2. The standard InChI is InChI=1S/C19H37NO/c1-6-19(4,5)15-8-10-17(20)18(12-15)21-16-9-7-13(2)14(3)11-16/h13-18H,6-12,20H2,1-5H3. The van der Waals surface area contributed by atoms with E-state index in [1.807, 2.05) is 0 Å². The number of hydrogen-bond donors (Lipinski definition) is 1. The van der Waals surface area contributed by atoms with E-state index in [0.29, 0.717) is 17.6 Å². The van der Waals surface area contributed by atoms with Gasteiger partial charge in [0.2, 0.25) is 0 Å². The van der Waals surface area contributed by atoms with Gasteiger partial charge >= 0.3 is 0 Å². The zero-order valence-corrected chi connectivity index (χ0v) is 14.9. The Morgan fingerprint density at radius 3 is 2.33 bits per heavy atom. The highest BCUT2D eigenvalue weighted by Gasteiger charge is 2.38. The van der Waals surface area contributed by atoms with E-state index in [0.717, 1.165) is 24.2 Å². The molecule has 2 aliphatic carbocycles. The molecule has 0 radical (unpaired) electrons. The molecule has 6 unspecified atom stereocenters. The van der Waals surface area contributed by atoms with Gasteiger partial charge in [0.25, 0.3) is 0 Å². The minimum absolute atomic E-state index is 0.253. The third-order valence-electron chi connectivity index (χ3n) is 6.78. The van der Waals surface area contributed by atoms with E-state index in [9.17, 15) is 0 Å². The van der Waals surface area contributed by atoms with Crippen molar-refractivity contribution in [2.24, 2.45) is 28.9 Å². The summed E-state index contributed by atoms with van der Waals surface area (Å²) in [6.45, 7) is 11.9. The van der Waals surface area contributed by atoms with Crippen LogP contribution >= 0.6 is 0 Å². The van der Waals surface area contributed by atoms with Gasteiger partial charge in [0.15, 0.2) is 0 Å². The fraction of sp³-hybridized carbons (Fsp3) is 1.00. The van der Waals surface area contributed by atoms with E-state index in [4.69, 9.17) is 10.5 Å². The first-order chi connectivity index (χ1) is 9.83. The van der Waals surface area contributed by atoms with Crippen LogP contribution < -0.4 is 5.73 Å². The summed E-state index contributed by atoms with van der Waals surface area (Å²) in [5.74, 6) is 2.43. The highest BCUT2D eigenvalue weighted by atomic mass is 16.5. The SMILES string of the molecule is CCC(C)(C)C1CCC(N)C(OC2CCC(C)C(C)C2)C1. The number of rotatable bonds is 4. The third kappa shape index (κ3) is 4.22. The van der Waals surface area contributed by atoms with E-state index < -0.39 is 0 Å². The Balaban J connectivity index is 1.92. The van der Waals surface area contributed by atoms with Crippen molar-refractivity contribution in [3.05, 3.63) is 0 Å². The second kappa shape index (κ2) is 7.00. The van der Waals surface area contributed by atoms with E-state index in [2.05, 4.69) is 34.6 Å². The van der Waals surface area contributed by atoms with Crippen LogP contribution in [-0.4, -0.2) is 18.2 Å². The van der Waals surface area contributed by atoms with Crippen molar-refractivity contribution in [3.63, 3.8) is 0 Å². The molecule has 0 saturated heterocycles. The second-order valence-electron chi connectivity index (χ2n) is 8.58. The molecule has 2 heteroatoms. The normalized spacial score (nSPS) is 42.0. The maximum absolute atomic E-state index is 6.51. The summed E-state index contributed by atoms with van der Waals surface area (Å²) in [5, 5.41) is 0. The van der Waals surface area contributed by atoms with Gasteiger partial charge in [-0.1, -0.05) is 41.0 Å². The van der Waals surface area contributed by atoms with Crippen LogP contribution in [0.4, 0.5) is 0 Å². The van der Waals surface area contributed by atoms with Crippen LogP contribution in [0.5, 0.6) is 0 Å². The van der Waals surface area contributed by atoms with Crippen LogP contribution in [0.1, 0.15) is 79.6 Å². The summed E-state index contributed by atoms with van der Waals surface area (Å²) in [6.07, 6.45) is 9.36. The van der Waals surface area contributed by atoms with Crippen LogP contribution in [0, 0.1) is 23.2 Å². The van der Waals surface area contributed by atoms with Gasteiger partial charge in [-0.25, -0.2) is 0 Å². The third-order valence-corrected chi connectivity index (χ3v) is 6.78. The van der Waals surface area contributed by atoms with Gasteiger partial charge < -0.3 is 10.5 Å². The number of ether oxygens (including phenoxy) is 1. The maximum atomic E-state index is 6.51. The molecule has 124 valence electrons. The zero-order valence-electron chi connectivity index (χ0n) is 14.9. The van der Waals surface area contributed by atoms with Gasteiger partial charge in [-0.15, -0.1) is 0 Å². The van der Waals surface area contributed by atoms with E-state index in [1.165, 1.54) is 38.5 Å². The van der Waals surface area contributed by atoms with Crippen molar-refractivity contribution < 1.29 is 4.74 Å². The minimum Gasteiger partial charge on any atom is -0.373 e. The van der Waals surface area contributed by atoms with Gasteiger partial charge in [0, 0.05) is 6.04 Å². The molecule has 0 aliphatic heterocycles. The molecule has 0 aromatic carbocycles. The molecule has 0 amide bonds. The molecule has 21 heavy (non-hydrogen) atoms. The van der Waals surface area contributed by atoms with Crippen molar-refractivity contribution in [2.75, 3.05) is 0 Å². The van der Waals surface area contributed by atoms with E-state index in [-0.39, 0.29) is 6.04 Å². The molecule has 0 aromatic heterocycles. The van der Waals surface area contributed by atoms with Crippen molar-refractivity contribution in [2.45, 2.75) is 97.8 Å². The van der Waals surface area contributed by atoms with Gasteiger partial charge in [-0.05, 0) is 61.7 Å². The first-order valence-electron chi connectivity index (χ1n) is 9.24. The Bertz CT molecular complexity index is 328. The van der Waals surface area contributed by atoms with Gasteiger partial charge in [-0.3, -0.25) is 0 Å². The highest BCUT2D eigenvalue weighted by molar-refractivity contribution is 4.90. The Morgan fingerprint density at radius 1 is 1.00 bits per heavy atom. The molecule has 2 fully saturated rings. The minimum atomic E-state index is 0.253. The van der Waals surface area contributed by atoms with Crippen LogP contribution in [0.25, 0.3) is 0 Å². The largest absolute Gasteiger partial charge is 0.373 e. The molecule has 0 bridgehead atoms. The summed E-state index contributed by atoms with van der Waals surface area (Å²) in [5.41, 5.74) is 6.81. The smallest absolute Gasteiger partial charge is 0.0732 e. The van der Waals surface area contributed by atoms with Crippen LogP contribution in [0.15, 0.2) is 0 Å². The first kappa shape index (κ1) is 17.3. The van der Waals surface area contributed by atoms with Crippen molar-refractivity contribution >= 4 is 0 Å². The lowest BCUT2D eigenvalue weighted by molar-refractivity contribution is -0.0862.